The molecule has 0 N–H and O–H groups in total. The number of carbonyl (C=O) groups is 2. The minimum Gasteiger partial charge on any atom is -0.467 e. The van der Waals surface area contributed by atoms with E-state index in [-0.39, 0.29) is 24.3 Å². The summed E-state index contributed by atoms with van der Waals surface area (Å²) in [4.78, 5) is 25.7. The molecule has 2 aliphatic rings. The maximum atomic E-state index is 12.5. The van der Waals surface area contributed by atoms with Crippen LogP contribution in [-0.2, 0) is 23.8 Å². The fourth-order valence-electron chi connectivity index (χ4n) is 2.61. The molecule has 0 aromatic rings. The first-order valence-corrected chi connectivity index (χ1v) is 6.69. The lowest BCUT2D eigenvalue weighted by molar-refractivity contribution is -0.165. The number of ether oxygens (including phenoxy) is 3. The molecule has 0 radical (unpaired) electrons. The van der Waals surface area contributed by atoms with Gasteiger partial charge in [-0.15, -0.1) is 0 Å². The predicted octanol–water partition coefficient (Wildman–Crippen LogP) is 0.0594. The fourth-order valence-corrected chi connectivity index (χ4v) is 2.61. The van der Waals surface area contributed by atoms with Crippen LogP contribution in [0.15, 0.2) is 0 Å². The molecule has 19 heavy (non-hydrogen) atoms. The van der Waals surface area contributed by atoms with Gasteiger partial charge in [0.1, 0.15) is 0 Å². The van der Waals surface area contributed by atoms with E-state index >= 15 is 0 Å². The average Bonchev–Trinajstić information content (AvgIpc) is 2.46. The lowest BCUT2D eigenvalue weighted by Gasteiger charge is -2.36. The highest BCUT2D eigenvalue weighted by Gasteiger charge is 2.36. The topological polar surface area (TPSA) is 65.1 Å². The first kappa shape index (κ1) is 14.3. The van der Waals surface area contributed by atoms with Crippen molar-refractivity contribution >= 4 is 11.9 Å². The van der Waals surface area contributed by atoms with Crippen LogP contribution in [0, 0.1) is 11.8 Å². The predicted molar refractivity (Wildman–Crippen MR) is 66.4 cm³/mol. The van der Waals surface area contributed by atoms with Gasteiger partial charge < -0.3 is 19.1 Å². The molecule has 3 unspecified atom stereocenters. The molecule has 108 valence electrons. The molecule has 2 heterocycles. The Morgan fingerprint density at radius 2 is 2.11 bits per heavy atom. The van der Waals surface area contributed by atoms with E-state index in [4.69, 9.17) is 9.47 Å². The minimum atomic E-state index is -0.655. The van der Waals surface area contributed by atoms with Gasteiger partial charge in [-0.05, 0) is 12.3 Å². The van der Waals surface area contributed by atoms with Crippen LogP contribution >= 0.6 is 0 Å². The summed E-state index contributed by atoms with van der Waals surface area (Å²) in [5.41, 5.74) is 0. The van der Waals surface area contributed by atoms with Crippen molar-refractivity contribution in [2.24, 2.45) is 11.8 Å². The first-order chi connectivity index (χ1) is 9.13. The molecule has 0 spiro atoms. The second-order valence-corrected chi connectivity index (χ2v) is 5.11. The average molecular weight is 271 g/mol. The highest BCUT2D eigenvalue weighted by Crippen LogP contribution is 2.24. The summed E-state index contributed by atoms with van der Waals surface area (Å²) in [5.74, 6) is -0.101. The van der Waals surface area contributed by atoms with Crippen LogP contribution in [0.2, 0.25) is 0 Å². The number of rotatable bonds is 2. The molecule has 0 saturated carbocycles. The molecule has 2 fully saturated rings. The van der Waals surface area contributed by atoms with Crippen LogP contribution in [0.1, 0.15) is 13.3 Å². The highest BCUT2D eigenvalue weighted by molar-refractivity contribution is 5.81. The third kappa shape index (κ3) is 3.25. The van der Waals surface area contributed by atoms with Crippen LogP contribution in [0.3, 0.4) is 0 Å². The van der Waals surface area contributed by atoms with Gasteiger partial charge in [-0.2, -0.15) is 0 Å². The van der Waals surface area contributed by atoms with E-state index < -0.39 is 12.1 Å². The van der Waals surface area contributed by atoms with Crippen molar-refractivity contribution in [2.75, 3.05) is 40.0 Å². The smallest absolute Gasteiger partial charge is 0.336 e. The summed E-state index contributed by atoms with van der Waals surface area (Å²) in [6.07, 6.45) is 0.0955. The van der Waals surface area contributed by atoms with Crippen molar-refractivity contribution in [3.63, 3.8) is 0 Å². The van der Waals surface area contributed by atoms with Gasteiger partial charge in [0.2, 0.25) is 5.91 Å². The highest BCUT2D eigenvalue weighted by atomic mass is 16.6. The second kappa shape index (κ2) is 6.34. The van der Waals surface area contributed by atoms with Gasteiger partial charge in [0, 0.05) is 25.7 Å². The number of nitrogens with zero attached hydrogens (tertiary/aromatic N) is 1. The SMILES string of the molecule is COC(=O)C1CN(C(=O)C2CCOCC2C)CCO1. The minimum absolute atomic E-state index is 0.00912. The summed E-state index contributed by atoms with van der Waals surface area (Å²) in [6.45, 7) is 4.49. The Morgan fingerprint density at radius 1 is 1.32 bits per heavy atom. The molecular formula is C13H21NO5. The zero-order chi connectivity index (χ0) is 13.8. The number of esters is 1. The van der Waals surface area contributed by atoms with E-state index in [0.29, 0.717) is 26.4 Å². The van der Waals surface area contributed by atoms with Gasteiger partial charge in [0.15, 0.2) is 6.10 Å². The molecule has 1 amide bonds. The van der Waals surface area contributed by atoms with Crippen molar-refractivity contribution in [3.05, 3.63) is 0 Å². The number of carbonyl (C=O) groups excluding carboxylic acids is 2. The van der Waals surface area contributed by atoms with Crippen molar-refractivity contribution in [1.82, 2.24) is 4.90 Å². The molecule has 2 aliphatic heterocycles. The van der Waals surface area contributed by atoms with Crippen LogP contribution < -0.4 is 0 Å². The number of methoxy groups -OCH3 is 1. The maximum Gasteiger partial charge on any atom is 0.336 e. The third-order valence-electron chi connectivity index (χ3n) is 3.80. The Morgan fingerprint density at radius 3 is 2.79 bits per heavy atom. The normalized spacial score (nSPS) is 31.9. The molecule has 0 aromatic heterocycles. The van der Waals surface area contributed by atoms with E-state index in [9.17, 15) is 9.59 Å². The number of morpholine rings is 1. The van der Waals surface area contributed by atoms with E-state index in [1.165, 1.54) is 7.11 Å². The zero-order valence-corrected chi connectivity index (χ0v) is 11.5. The molecule has 0 aromatic carbocycles. The lowest BCUT2D eigenvalue weighted by atomic mass is 9.88. The molecule has 0 aliphatic carbocycles. The summed E-state index contributed by atoms with van der Waals surface area (Å²) in [6, 6.07) is 0. The van der Waals surface area contributed by atoms with Gasteiger partial charge in [0.05, 0.1) is 20.3 Å². The van der Waals surface area contributed by atoms with Gasteiger partial charge in [-0.25, -0.2) is 4.79 Å². The standard InChI is InChI=1S/C13H21NO5/c1-9-8-18-5-3-10(9)12(15)14-4-6-19-11(7-14)13(16)17-2/h9-11H,3-8H2,1-2H3. The number of amides is 1. The zero-order valence-electron chi connectivity index (χ0n) is 11.5. The molecule has 3 atom stereocenters. The lowest BCUT2D eigenvalue weighted by Crippen LogP contribution is -2.52. The van der Waals surface area contributed by atoms with E-state index in [1.54, 1.807) is 4.90 Å². The van der Waals surface area contributed by atoms with Crippen molar-refractivity contribution in [3.8, 4) is 0 Å². The van der Waals surface area contributed by atoms with E-state index in [0.717, 1.165) is 6.42 Å². The maximum absolute atomic E-state index is 12.5. The number of hydrogen-bond acceptors (Lipinski definition) is 5. The molecule has 2 saturated heterocycles. The largest absolute Gasteiger partial charge is 0.467 e. The quantitative estimate of drug-likeness (QED) is 0.664. The van der Waals surface area contributed by atoms with Gasteiger partial charge >= 0.3 is 5.97 Å². The Bertz CT molecular complexity index is 346. The van der Waals surface area contributed by atoms with Crippen molar-refractivity contribution < 1.29 is 23.8 Å². The fraction of sp³-hybridized carbons (Fsp3) is 0.846. The molecule has 6 heteroatoms. The molecular weight excluding hydrogens is 250 g/mol. The summed E-state index contributed by atoms with van der Waals surface area (Å²) >= 11 is 0. The Labute approximate surface area is 113 Å². The Hall–Kier alpha value is -1.14. The van der Waals surface area contributed by atoms with E-state index in [1.807, 2.05) is 6.92 Å². The van der Waals surface area contributed by atoms with Gasteiger partial charge in [-0.3, -0.25) is 4.79 Å². The second-order valence-electron chi connectivity index (χ2n) is 5.11. The summed E-state index contributed by atoms with van der Waals surface area (Å²) in [7, 11) is 1.33. The van der Waals surface area contributed by atoms with Crippen LogP contribution in [0.5, 0.6) is 0 Å². The van der Waals surface area contributed by atoms with Crippen LogP contribution in [-0.4, -0.2) is 62.9 Å². The Kier molecular flexibility index (Phi) is 4.76. The number of hydrogen-bond donors (Lipinski definition) is 0. The first-order valence-electron chi connectivity index (χ1n) is 6.69. The summed E-state index contributed by atoms with van der Waals surface area (Å²) < 4.78 is 15.4. The monoisotopic (exact) mass is 271 g/mol. The van der Waals surface area contributed by atoms with Gasteiger partial charge in [0.25, 0.3) is 0 Å². The van der Waals surface area contributed by atoms with Crippen molar-refractivity contribution in [2.45, 2.75) is 19.4 Å². The molecule has 6 nitrogen and oxygen atoms in total. The third-order valence-corrected chi connectivity index (χ3v) is 3.80. The van der Waals surface area contributed by atoms with Gasteiger partial charge in [-0.1, -0.05) is 6.92 Å². The van der Waals surface area contributed by atoms with Crippen molar-refractivity contribution in [1.29, 1.82) is 0 Å². The molecule has 0 bridgehead atoms. The van der Waals surface area contributed by atoms with Crippen LogP contribution in [0.4, 0.5) is 0 Å². The molecule has 2 rings (SSSR count). The summed E-state index contributed by atoms with van der Waals surface area (Å²) in [5, 5.41) is 0. The Balaban J connectivity index is 1.96. The van der Waals surface area contributed by atoms with E-state index in [2.05, 4.69) is 4.74 Å². The van der Waals surface area contributed by atoms with Crippen LogP contribution in [0.25, 0.3) is 0 Å².